The summed E-state index contributed by atoms with van der Waals surface area (Å²) in [5, 5.41) is 5.87. The van der Waals surface area contributed by atoms with E-state index in [-0.39, 0.29) is 11.6 Å². The Labute approximate surface area is 153 Å². The number of carbonyl (C=O) groups excluding carboxylic acids is 1. The molecule has 3 aromatic rings. The summed E-state index contributed by atoms with van der Waals surface area (Å²) in [5.74, 6) is 0.674. The number of para-hydroxylation sites is 1. The average Bonchev–Trinajstić information content (AvgIpc) is 2.64. The van der Waals surface area contributed by atoms with Crippen LogP contribution in [0.1, 0.15) is 10.5 Å². The van der Waals surface area contributed by atoms with Crippen LogP contribution in [0.4, 0.5) is 17.3 Å². The minimum absolute atomic E-state index is 0.257. The Kier molecular flexibility index (Phi) is 5.25. The van der Waals surface area contributed by atoms with Gasteiger partial charge in [-0.15, -0.1) is 0 Å². The second-order valence-electron chi connectivity index (χ2n) is 5.06. The van der Waals surface area contributed by atoms with Crippen LogP contribution >= 0.6 is 15.9 Å². The van der Waals surface area contributed by atoms with E-state index >= 15 is 0 Å². The smallest absolute Gasteiger partial charge is 0.274 e. The van der Waals surface area contributed by atoms with E-state index in [1.54, 1.807) is 37.4 Å². The molecule has 1 amide bonds. The topological polar surface area (TPSA) is 76.1 Å². The molecule has 3 rings (SSSR count). The molecule has 6 nitrogen and oxygen atoms in total. The maximum Gasteiger partial charge on any atom is 0.274 e. The Balaban J connectivity index is 1.76. The maximum absolute atomic E-state index is 12.4. The normalized spacial score (nSPS) is 10.2. The molecular formula is C18H15BrN4O2. The molecule has 0 aliphatic carbocycles. The van der Waals surface area contributed by atoms with E-state index in [0.29, 0.717) is 17.4 Å². The molecule has 25 heavy (non-hydrogen) atoms. The van der Waals surface area contributed by atoms with Crippen LogP contribution in [0.15, 0.2) is 65.3 Å². The molecule has 7 heteroatoms. The Hall–Kier alpha value is -2.93. The Morgan fingerprint density at radius 2 is 1.96 bits per heavy atom. The van der Waals surface area contributed by atoms with E-state index in [1.165, 1.54) is 6.20 Å². The van der Waals surface area contributed by atoms with Crippen LogP contribution < -0.4 is 15.4 Å². The van der Waals surface area contributed by atoms with Crippen molar-refractivity contribution >= 4 is 39.2 Å². The summed E-state index contributed by atoms with van der Waals surface area (Å²) in [6.45, 7) is 0. The average molecular weight is 399 g/mol. The summed E-state index contributed by atoms with van der Waals surface area (Å²) in [4.78, 5) is 20.8. The van der Waals surface area contributed by atoms with Gasteiger partial charge in [-0.05, 0) is 46.3 Å². The number of rotatable bonds is 5. The van der Waals surface area contributed by atoms with Gasteiger partial charge in [-0.2, -0.15) is 0 Å². The fraction of sp³-hybridized carbons (Fsp3) is 0.0556. The molecule has 1 heterocycles. The summed E-state index contributed by atoms with van der Waals surface area (Å²) in [6, 6.07) is 16.3. The summed E-state index contributed by atoms with van der Waals surface area (Å²) in [6.07, 6.45) is 1.53. The predicted octanol–water partition coefficient (Wildman–Crippen LogP) is 4.24. The number of amides is 1. The first-order valence-corrected chi connectivity index (χ1v) is 8.25. The van der Waals surface area contributed by atoms with E-state index in [0.717, 1.165) is 10.2 Å². The van der Waals surface area contributed by atoms with E-state index in [4.69, 9.17) is 4.74 Å². The lowest BCUT2D eigenvalue weighted by Crippen LogP contribution is -2.14. The monoisotopic (exact) mass is 398 g/mol. The third kappa shape index (κ3) is 4.33. The number of anilines is 3. The summed E-state index contributed by atoms with van der Waals surface area (Å²) in [7, 11) is 1.57. The number of hydrogen-bond acceptors (Lipinski definition) is 5. The first-order valence-electron chi connectivity index (χ1n) is 7.46. The summed E-state index contributed by atoms with van der Waals surface area (Å²) >= 11 is 3.45. The maximum atomic E-state index is 12.4. The Morgan fingerprint density at radius 3 is 2.76 bits per heavy atom. The number of nitrogens with one attached hydrogen (secondary N) is 2. The minimum Gasteiger partial charge on any atom is -0.497 e. The first-order chi connectivity index (χ1) is 12.2. The second kappa shape index (κ2) is 7.76. The van der Waals surface area contributed by atoms with Crippen LogP contribution in [-0.2, 0) is 0 Å². The SMILES string of the molecule is COc1cccc(NC(=O)c2ccnc(Nc3ccccc3Br)n2)c1. The quantitative estimate of drug-likeness (QED) is 0.671. The van der Waals surface area contributed by atoms with Gasteiger partial charge in [0, 0.05) is 22.4 Å². The van der Waals surface area contributed by atoms with Gasteiger partial charge in [-0.1, -0.05) is 18.2 Å². The Morgan fingerprint density at radius 1 is 1.12 bits per heavy atom. The van der Waals surface area contributed by atoms with Gasteiger partial charge < -0.3 is 15.4 Å². The fourth-order valence-electron chi connectivity index (χ4n) is 2.12. The van der Waals surface area contributed by atoms with Crippen molar-refractivity contribution in [2.24, 2.45) is 0 Å². The summed E-state index contributed by atoms with van der Waals surface area (Å²) in [5.41, 5.74) is 1.70. The van der Waals surface area contributed by atoms with Crippen molar-refractivity contribution in [1.29, 1.82) is 0 Å². The molecular weight excluding hydrogens is 384 g/mol. The Bertz CT molecular complexity index is 902. The standard InChI is InChI=1S/C18H15BrN4O2/c1-25-13-6-4-5-12(11-13)21-17(24)16-9-10-20-18(23-16)22-15-8-3-2-7-14(15)19/h2-11H,1H3,(H,21,24)(H,20,22,23). The van der Waals surface area contributed by atoms with Crippen molar-refractivity contribution in [3.63, 3.8) is 0 Å². The van der Waals surface area contributed by atoms with Gasteiger partial charge in [-0.25, -0.2) is 9.97 Å². The van der Waals surface area contributed by atoms with Gasteiger partial charge in [0.2, 0.25) is 5.95 Å². The van der Waals surface area contributed by atoms with E-state index in [2.05, 4.69) is 36.5 Å². The predicted molar refractivity (Wildman–Crippen MR) is 100 cm³/mol. The lowest BCUT2D eigenvalue weighted by Gasteiger charge is -2.09. The van der Waals surface area contributed by atoms with Crippen molar-refractivity contribution in [1.82, 2.24) is 9.97 Å². The van der Waals surface area contributed by atoms with Gasteiger partial charge in [0.1, 0.15) is 11.4 Å². The van der Waals surface area contributed by atoms with Gasteiger partial charge in [-0.3, -0.25) is 4.79 Å². The highest BCUT2D eigenvalue weighted by Crippen LogP contribution is 2.23. The number of hydrogen-bond donors (Lipinski definition) is 2. The lowest BCUT2D eigenvalue weighted by molar-refractivity contribution is 0.102. The van der Waals surface area contributed by atoms with Crippen molar-refractivity contribution < 1.29 is 9.53 Å². The minimum atomic E-state index is -0.328. The third-order valence-corrected chi connectivity index (χ3v) is 4.03. The molecule has 0 unspecified atom stereocenters. The molecule has 1 aromatic heterocycles. The van der Waals surface area contributed by atoms with Gasteiger partial charge in [0.25, 0.3) is 5.91 Å². The van der Waals surface area contributed by atoms with Crippen LogP contribution in [0.3, 0.4) is 0 Å². The number of aromatic nitrogens is 2. The van der Waals surface area contributed by atoms with Crippen LogP contribution in [0.25, 0.3) is 0 Å². The largest absolute Gasteiger partial charge is 0.497 e. The zero-order valence-electron chi connectivity index (χ0n) is 13.4. The van der Waals surface area contributed by atoms with Crippen molar-refractivity contribution in [3.05, 3.63) is 71.0 Å². The van der Waals surface area contributed by atoms with E-state index in [9.17, 15) is 4.79 Å². The molecule has 0 bridgehead atoms. The van der Waals surface area contributed by atoms with Gasteiger partial charge in [0.05, 0.1) is 12.8 Å². The number of methoxy groups -OCH3 is 1. The zero-order chi connectivity index (χ0) is 17.6. The lowest BCUT2D eigenvalue weighted by atomic mass is 10.3. The van der Waals surface area contributed by atoms with E-state index < -0.39 is 0 Å². The highest BCUT2D eigenvalue weighted by Gasteiger charge is 2.10. The molecule has 0 atom stereocenters. The molecule has 0 aliphatic heterocycles. The molecule has 126 valence electrons. The van der Waals surface area contributed by atoms with Gasteiger partial charge >= 0.3 is 0 Å². The van der Waals surface area contributed by atoms with Gasteiger partial charge in [0.15, 0.2) is 0 Å². The zero-order valence-corrected chi connectivity index (χ0v) is 14.9. The molecule has 2 aromatic carbocycles. The molecule has 0 saturated carbocycles. The molecule has 0 radical (unpaired) electrons. The van der Waals surface area contributed by atoms with Crippen molar-refractivity contribution in [2.75, 3.05) is 17.7 Å². The molecule has 2 N–H and O–H groups in total. The number of carbonyl (C=O) groups is 1. The van der Waals surface area contributed by atoms with Crippen molar-refractivity contribution in [2.45, 2.75) is 0 Å². The third-order valence-electron chi connectivity index (χ3n) is 3.34. The molecule has 0 spiro atoms. The fourth-order valence-corrected chi connectivity index (χ4v) is 2.51. The molecule has 0 saturated heterocycles. The van der Waals surface area contributed by atoms with Crippen molar-refractivity contribution in [3.8, 4) is 5.75 Å². The number of halogens is 1. The highest BCUT2D eigenvalue weighted by molar-refractivity contribution is 9.10. The number of nitrogens with zero attached hydrogens (tertiary/aromatic N) is 2. The number of ether oxygens (including phenoxy) is 1. The first kappa shape index (κ1) is 16.9. The second-order valence-corrected chi connectivity index (χ2v) is 5.91. The van der Waals surface area contributed by atoms with Crippen LogP contribution in [0.5, 0.6) is 5.75 Å². The summed E-state index contributed by atoms with van der Waals surface area (Å²) < 4.78 is 6.03. The van der Waals surface area contributed by atoms with E-state index in [1.807, 2.05) is 24.3 Å². The number of benzene rings is 2. The van der Waals surface area contributed by atoms with Crippen LogP contribution in [0, 0.1) is 0 Å². The molecule has 0 aliphatic rings. The molecule has 0 fully saturated rings. The highest BCUT2D eigenvalue weighted by atomic mass is 79.9. The van der Waals surface area contributed by atoms with Crippen LogP contribution in [0.2, 0.25) is 0 Å². The van der Waals surface area contributed by atoms with Crippen LogP contribution in [-0.4, -0.2) is 23.0 Å².